The number of carboxylic acid groups (broad SMARTS) is 1. The monoisotopic (exact) mass is 649 g/mol. The number of piperazine rings is 1. The highest BCUT2D eigenvalue weighted by atomic mass is 32.2. The van der Waals surface area contributed by atoms with Crippen LogP contribution in [0.4, 0.5) is 10.5 Å². The van der Waals surface area contributed by atoms with Crippen LogP contribution in [0.15, 0.2) is 77.7 Å². The molecule has 45 heavy (non-hydrogen) atoms. The molecule has 3 aromatic carbocycles. The third kappa shape index (κ3) is 7.49. The maximum Gasteiger partial charge on any atom is 0.410 e. The number of carbonyl (C=O) groups excluding carboxylic acids is 1. The van der Waals surface area contributed by atoms with E-state index in [1.54, 1.807) is 30.0 Å². The molecule has 0 radical (unpaired) electrons. The number of carbonyl (C=O) groups is 2. The van der Waals surface area contributed by atoms with Crippen LogP contribution in [0.1, 0.15) is 47.1 Å². The fourth-order valence-electron chi connectivity index (χ4n) is 5.50. The van der Waals surface area contributed by atoms with Gasteiger partial charge in [-0.25, -0.2) is 18.0 Å². The van der Waals surface area contributed by atoms with Crippen molar-refractivity contribution < 1.29 is 27.9 Å². The molecule has 1 saturated heterocycles. The van der Waals surface area contributed by atoms with Gasteiger partial charge in [0.05, 0.1) is 4.90 Å². The highest BCUT2D eigenvalue weighted by Crippen LogP contribution is 2.34. The Hall–Kier alpha value is -3.93. The van der Waals surface area contributed by atoms with Crippen molar-refractivity contribution in [3.8, 4) is 0 Å². The molecule has 0 atom stereocenters. The topological polar surface area (TPSA) is 107 Å². The Morgan fingerprint density at radius 3 is 2.29 bits per heavy atom. The summed E-state index contributed by atoms with van der Waals surface area (Å²) in [7, 11) is -3.97. The van der Waals surface area contributed by atoms with Crippen molar-refractivity contribution in [3.63, 3.8) is 0 Å². The molecule has 11 heteroatoms. The molecule has 1 amide bonds. The van der Waals surface area contributed by atoms with Crippen molar-refractivity contribution in [1.82, 2.24) is 9.21 Å². The summed E-state index contributed by atoms with van der Waals surface area (Å²) in [5.41, 5.74) is 2.81. The summed E-state index contributed by atoms with van der Waals surface area (Å²) in [5.74, 6) is -1.02. The van der Waals surface area contributed by atoms with Crippen molar-refractivity contribution in [2.75, 3.05) is 37.6 Å². The predicted molar refractivity (Wildman–Crippen MR) is 178 cm³/mol. The van der Waals surface area contributed by atoms with Crippen molar-refractivity contribution in [3.05, 3.63) is 94.4 Å². The number of sulfonamides is 1. The number of nitrogens with zero attached hydrogens (tertiary/aromatic N) is 3. The van der Waals surface area contributed by atoms with Crippen LogP contribution in [0.2, 0.25) is 0 Å². The van der Waals surface area contributed by atoms with Gasteiger partial charge in [0.25, 0.3) is 0 Å². The fraction of sp³-hybridized carbons (Fsp3) is 0.353. The molecule has 1 aliphatic heterocycles. The summed E-state index contributed by atoms with van der Waals surface area (Å²) >= 11 is 1.15. The second kappa shape index (κ2) is 13.2. The zero-order valence-corrected chi connectivity index (χ0v) is 27.7. The maximum atomic E-state index is 14.3. The Morgan fingerprint density at radius 1 is 0.956 bits per heavy atom. The summed E-state index contributed by atoms with van der Waals surface area (Å²) in [6.07, 6.45) is 0.196. The van der Waals surface area contributed by atoms with E-state index < -0.39 is 21.6 Å². The average Bonchev–Trinajstić information content (AvgIpc) is 3.35. The highest BCUT2D eigenvalue weighted by Gasteiger charge is 2.30. The molecule has 1 N–H and O–H groups in total. The molecule has 238 valence electrons. The third-order valence-electron chi connectivity index (χ3n) is 7.84. The number of benzene rings is 3. The smallest absolute Gasteiger partial charge is 0.410 e. The number of carboxylic acids is 1. The number of anilines is 1. The van der Waals surface area contributed by atoms with Crippen LogP contribution in [-0.4, -0.2) is 73.1 Å². The number of fused-ring (bicyclic) bond motifs is 1. The summed E-state index contributed by atoms with van der Waals surface area (Å²) in [4.78, 5) is 28.6. The molecule has 1 aromatic heterocycles. The first-order valence-electron chi connectivity index (χ1n) is 14.9. The van der Waals surface area contributed by atoms with Gasteiger partial charge >= 0.3 is 12.1 Å². The van der Waals surface area contributed by atoms with Gasteiger partial charge in [-0.05, 0) is 80.5 Å². The second-order valence-corrected chi connectivity index (χ2v) is 15.2. The van der Waals surface area contributed by atoms with E-state index in [-0.39, 0.29) is 29.0 Å². The lowest BCUT2D eigenvalue weighted by atomic mass is 10.1. The van der Waals surface area contributed by atoms with E-state index in [1.807, 2.05) is 75.4 Å². The predicted octanol–water partition coefficient (Wildman–Crippen LogP) is 6.40. The van der Waals surface area contributed by atoms with Gasteiger partial charge in [0.2, 0.25) is 10.0 Å². The number of amides is 1. The highest BCUT2D eigenvalue weighted by molar-refractivity contribution is 7.89. The minimum Gasteiger partial charge on any atom is -0.477 e. The molecule has 0 aliphatic carbocycles. The van der Waals surface area contributed by atoms with E-state index >= 15 is 0 Å². The van der Waals surface area contributed by atoms with Crippen molar-refractivity contribution >= 4 is 49.2 Å². The molecular formula is C34H39N3O6S2. The summed E-state index contributed by atoms with van der Waals surface area (Å²) < 4.78 is 36.4. The number of aryl methyl sites for hydroxylation is 1. The van der Waals surface area contributed by atoms with Gasteiger partial charge in [0.1, 0.15) is 10.5 Å². The maximum absolute atomic E-state index is 14.3. The summed E-state index contributed by atoms with van der Waals surface area (Å²) in [6.45, 7) is 9.85. The summed E-state index contributed by atoms with van der Waals surface area (Å²) in [6, 6.07) is 22.4. The van der Waals surface area contributed by atoms with Gasteiger partial charge in [0.15, 0.2) is 0 Å². The molecule has 1 fully saturated rings. The summed E-state index contributed by atoms with van der Waals surface area (Å²) in [5, 5.41) is 10.2. The first kappa shape index (κ1) is 32.5. The van der Waals surface area contributed by atoms with Gasteiger partial charge in [-0.15, -0.1) is 11.3 Å². The van der Waals surface area contributed by atoms with E-state index in [4.69, 9.17) is 4.74 Å². The van der Waals surface area contributed by atoms with Crippen LogP contribution >= 0.6 is 11.3 Å². The van der Waals surface area contributed by atoms with Gasteiger partial charge in [-0.1, -0.05) is 48.5 Å². The first-order valence-corrected chi connectivity index (χ1v) is 17.2. The zero-order valence-electron chi connectivity index (χ0n) is 26.0. The lowest BCUT2D eigenvalue weighted by molar-refractivity contribution is 0.0240. The van der Waals surface area contributed by atoms with Crippen LogP contribution in [0.5, 0.6) is 0 Å². The zero-order chi connectivity index (χ0) is 32.4. The average molecular weight is 650 g/mol. The van der Waals surface area contributed by atoms with Gasteiger partial charge in [-0.3, -0.25) is 0 Å². The minimum absolute atomic E-state index is 0.129. The number of aromatic carboxylic acids is 1. The van der Waals surface area contributed by atoms with Gasteiger partial charge in [-0.2, -0.15) is 4.31 Å². The fourth-order valence-corrected chi connectivity index (χ4v) is 7.97. The Balaban J connectivity index is 1.43. The van der Waals surface area contributed by atoms with Crippen LogP contribution in [0.25, 0.3) is 10.1 Å². The molecule has 2 heterocycles. The number of rotatable bonds is 9. The quantitative estimate of drug-likeness (QED) is 0.224. The van der Waals surface area contributed by atoms with Crippen LogP contribution in [-0.2, 0) is 27.7 Å². The van der Waals surface area contributed by atoms with Crippen molar-refractivity contribution in [2.45, 2.75) is 51.2 Å². The number of ether oxygens (including phenoxy) is 1. The van der Waals surface area contributed by atoms with E-state index in [1.165, 1.54) is 4.31 Å². The normalized spacial score (nSPS) is 14.2. The van der Waals surface area contributed by atoms with E-state index in [0.717, 1.165) is 32.9 Å². The lowest BCUT2D eigenvalue weighted by Crippen LogP contribution is -2.50. The van der Waals surface area contributed by atoms with Crippen molar-refractivity contribution in [2.24, 2.45) is 0 Å². The van der Waals surface area contributed by atoms with E-state index in [2.05, 4.69) is 4.90 Å². The Kier molecular flexibility index (Phi) is 9.52. The first-order chi connectivity index (χ1) is 21.3. The second-order valence-electron chi connectivity index (χ2n) is 12.2. The number of thiophene rings is 1. The molecule has 5 rings (SSSR count). The van der Waals surface area contributed by atoms with Crippen LogP contribution in [0.3, 0.4) is 0 Å². The minimum atomic E-state index is -3.97. The van der Waals surface area contributed by atoms with E-state index in [0.29, 0.717) is 43.5 Å². The molecule has 4 aromatic rings. The van der Waals surface area contributed by atoms with Gasteiger partial charge < -0.3 is 19.6 Å². The Morgan fingerprint density at radius 2 is 1.62 bits per heavy atom. The molecule has 0 bridgehead atoms. The van der Waals surface area contributed by atoms with Crippen LogP contribution in [0, 0.1) is 6.92 Å². The Labute approximate surface area is 268 Å². The van der Waals surface area contributed by atoms with Crippen molar-refractivity contribution in [1.29, 1.82) is 0 Å². The molecular weight excluding hydrogens is 611 g/mol. The van der Waals surface area contributed by atoms with E-state index in [9.17, 15) is 23.1 Å². The Bertz CT molecular complexity index is 1790. The SMILES string of the molecule is Cc1c(C(=O)O)sc2ccc(S(=O)(=O)N(CCc3ccccc3)Cc3ccccc3N3CCN(C(=O)OC(C)(C)C)CC3)cc12. The van der Waals surface area contributed by atoms with Gasteiger partial charge in [0, 0.05) is 49.7 Å². The molecule has 1 aliphatic rings. The number of para-hydroxylation sites is 1. The molecule has 0 spiro atoms. The number of hydrogen-bond acceptors (Lipinski definition) is 7. The largest absolute Gasteiger partial charge is 0.477 e. The van der Waals surface area contributed by atoms with Crippen LogP contribution < -0.4 is 4.90 Å². The molecule has 0 saturated carbocycles. The third-order valence-corrected chi connectivity index (χ3v) is 10.9. The standard InChI is InChI=1S/C34H39N3O6S2/c1-24-28-22-27(14-15-30(28)44-31(24)32(38)39)45(41,42)37(17-16-25-10-6-5-7-11-25)23-26-12-8-9-13-29(26)35-18-20-36(21-19-35)33(40)43-34(2,3)4/h5-15,22H,16-21,23H2,1-4H3,(H,38,39). The lowest BCUT2D eigenvalue weighted by Gasteiger charge is -2.38. The molecule has 9 nitrogen and oxygen atoms in total. The molecule has 0 unspecified atom stereocenters. The number of hydrogen-bond donors (Lipinski definition) is 1.